The van der Waals surface area contributed by atoms with E-state index in [1.165, 1.54) is 22.9 Å². The molecule has 1 aliphatic heterocycles. The van der Waals surface area contributed by atoms with Crippen molar-refractivity contribution in [2.45, 2.75) is 38.3 Å². The smallest absolute Gasteiger partial charge is 0.254 e. The molecule has 7 nitrogen and oxygen atoms in total. The fourth-order valence-electron chi connectivity index (χ4n) is 3.79. The first kappa shape index (κ1) is 18.4. The second-order valence-electron chi connectivity index (χ2n) is 7.93. The second kappa shape index (κ2) is 6.89. The van der Waals surface area contributed by atoms with E-state index in [4.69, 9.17) is 0 Å². The summed E-state index contributed by atoms with van der Waals surface area (Å²) in [5, 5.41) is 14.1. The molecule has 2 amide bonds. The number of rotatable bonds is 4. The summed E-state index contributed by atoms with van der Waals surface area (Å²) < 4.78 is 16.2. The number of carbonyl (C=O) groups is 2. The highest BCUT2D eigenvalue weighted by Gasteiger charge is 2.34. The summed E-state index contributed by atoms with van der Waals surface area (Å²) in [6.07, 6.45) is 4.48. The van der Waals surface area contributed by atoms with Crippen LogP contribution in [0.1, 0.15) is 42.6 Å². The third-order valence-corrected chi connectivity index (χ3v) is 5.45. The summed E-state index contributed by atoms with van der Waals surface area (Å²) in [4.78, 5) is 28.1. The monoisotopic (exact) mass is 383 g/mol. The van der Waals surface area contributed by atoms with E-state index < -0.39 is 17.8 Å². The van der Waals surface area contributed by atoms with Crippen molar-refractivity contribution in [3.8, 4) is 6.07 Å². The maximum absolute atomic E-state index is 14.5. The lowest BCUT2D eigenvalue weighted by atomic mass is 10.1. The molecule has 0 radical (unpaired) electrons. The molecule has 0 spiro atoms. The number of benzene rings is 1. The van der Waals surface area contributed by atoms with Crippen LogP contribution in [0.2, 0.25) is 0 Å². The predicted molar refractivity (Wildman–Crippen MR) is 99.8 cm³/mol. The number of amides is 2. The average Bonchev–Trinajstić information content (AvgIpc) is 3.30. The van der Waals surface area contributed by atoms with Gasteiger partial charge in [-0.05, 0) is 37.3 Å². The SMILES string of the molecule is CC1CC(C#N)N(C(=O)CN(C)C(=O)c2cc(F)c3nn(C4CC4)cc3c2)C1. The molecule has 0 bridgehead atoms. The number of likely N-dealkylation sites (tertiary alicyclic amines) is 1. The molecule has 0 N–H and O–H groups in total. The van der Waals surface area contributed by atoms with Crippen LogP contribution in [-0.2, 0) is 4.79 Å². The fourth-order valence-corrected chi connectivity index (χ4v) is 3.79. The van der Waals surface area contributed by atoms with E-state index in [9.17, 15) is 19.2 Å². The van der Waals surface area contributed by atoms with Gasteiger partial charge in [0.1, 0.15) is 11.6 Å². The molecule has 2 aromatic rings. The number of likely N-dealkylation sites (N-methyl/N-ethyl adjacent to an activating group) is 1. The fraction of sp³-hybridized carbons (Fsp3) is 0.500. The number of nitriles is 1. The normalized spacial score (nSPS) is 21.7. The Morgan fingerprint density at radius 1 is 1.39 bits per heavy atom. The molecule has 2 atom stereocenters. The van der Waals surface area contributed by atoms with Crippen molar-refractivity contribution in [1.29, 1.82) is 5.26 Å². The minimum Gasteiger partial charge on any atom is -0.332 e. The van der Waals surface area contributed by atoms with E-state index in [2.05, 4.69) is 11.2 Å². The highest BCUT2D eigenvalue weighted by molar-refractivity contribution is 5.99. The summed E-state index contributed by atoms with van der Waals surface area (Å²) in [5.41, 5.74) is 0.437. The van der Waals surface area contributed by atoms with Gasteiger partial charge >= 0.3 is 0 Å². The number of hydrogen-bond donors (Lipinski definition) is 0. The Bertz CT molecular complexity index is 990. The summed E-state index contributed by atoms with van der Waals surface area (Å²) in [6, 6.07) is 4.80. The molecule has 4 rings (SSSR count). The highest BCUT2D eigenvalue weighted by atomic mass is 19.1. The molecule has 1 aliphatic carbocycles. The molecule has 146 valence electrons. The van der Waals surface area contributed by atoms with Crippen molar-refractivity contribution in [3.63, 3.8) is 0 Å². The summed E-state index contributed by atoms with van der Waals surface area (Å²) in [6.45, 7) is 2.36. The maximum Gasteiger partial charge on any atom is 0.254 e. The van der Waals surface area contributed by atoms with Crippen LogP contribution in [0.5, 0.6) is 0 Å². The van der Waals surface area contributed by atoms with Gasteiger partial charge in [-0.2, -0.15) is 10.4 Å². The Balaban J connectivity index is 1.50. The zero-order chi connectivity index (χ0) is 20.0. The number of carbonyl (C=O) groups excluding carboxylic acids is 2. The summed E-state index contributed by atoms with van der Waals surface area (Å²) >= 11 is 0. The molecular formula is C20H22FN5O2. The van der Waals surface area contributed by atoms with E-state index in [1.54, 1.807) is 16.9 Å². The van der Waals surface area contributed by atoms with Gasteiger partial charge < -0.3 is 9.80 Å². The van der Waals surface area contributed by atoms with Gasteiger partial charge in [0, 0.05) is 30.7 Å². The number of aromatic nitrogens is 2. The Kier molecular flexibility index (Phi) is 4.53. The lowest BCUT2D eigenvalue weighted by Crippen LogP contribution is -2.43. The number of hydrogen-bond acceptors (Lipinski definition) is 4. The van der Waals surface area contributed by atoms with Crippen molar-refractivity contribution in [2.75, 3.05) is 20.1 Å². The third kappa shape index (κ3) is 3.33. The van der Waals surface area contributed by atoms with Crippen LogP contribution < -0.4 is 0 Å². The number of fused-ring (bicyclic) bond motifs is 1. The molecule has 2 fully saturated rings. The van der Waals surface area contributed by atoms with Crippen LogP contribution in [0.4, 0.5) is 4.39 Å². The van der Waals surface area contributed by atoms with Gasteiger partial charge in [0.15, 0.2) is 5.82 Å². The van der Waals surface area contributed by atoms with E-state index >= 15 is 0 Å². The lowest BCUT2D eigenvalue weighted by Gasteiger charge is -2.24. The summed E-state index contributed by atoms with van der Waals surface area (Å²) in [5.74, 6) is -0.990. The van der Waals surface area contributed by atoms with Gasteiger partial charge in [0.25, 0.3) is 5.91 Å². The molecule has 28 heavy (non-hydrogen) atoms. The van der Waals surface area contributed by atoms with Crippen LogP contribution in [0, 0.1) is 23.1 Å². The highest BCUT2D eigenvalue weighted by Crippen LogP contribution is 2.35. The van der Waals surface area contributed by atoms with Gasteiger partial charge in [-0.25, -0.2) is 4.39 Å². The zero-order valence-corrected chi connectivity index (χ0v) is 15.9. The molecule has 1 aromatic carbocycles. The van der Waals surface area contributed by atoms with E-state index in [0.29, 0.717) is 24.4 Å². The van der Waals surface area contributed by atoms with Gasteiger partial charge in [0.05, 0.1) is 18.7 Å². The van der Waals surface area contributed by atoms with Gasteiger partial charge in [0.2, 0.25) is 5.91 Å². The van der Waals surface area contributed by atoms with E-state index in [0.717, 1.165) is 12.8 Å². The average molecular weight is 383 g/mol. The first-order valence-corrected chi connectivity index (χ1v) is 9.50. The molecule has 1 saturated carbocycles. The van der Waals surface area contributed by atoms with E-state index in [1.807, 2.05) is 6.92 Å². The Hall–Kier alpha value is -2.95. The molecule has 1 aromatic heterocycles. The minimum atomic E-state index is -0.544. The van der Waals surface area contributed by atoms with Crippen molar-refractivity contribution >= 4 is 22.7 Å². The second-order valence-corrected chi connectivity index (χ2v) is 7.93. The Labute approximate surface area is 162 Å². The molecule has 2 unspecified atom stereocenters. The zero-order valence-electron chi connectivity index (χ0n) is 15.9. The summed E-state index contributed by atoms with van der Waals surface area (Å²) in [7, 11) is 1.51. The van der Waals surface area contributed by atoms with Gasteiger partial charge in [-0.1, -0.05) is 6.92 Å². The topological polar surface area (TPSA) is 82.2 Å². The van der Waals surface area contributed by atoms with Crippen LogP contribution in [-0.4, -0.2) is 57.6 Å². The largest absolute Gasteiger partial charge is 0.332 e. The Morgan fingerprint density at radius 3 is 2.82 bits per heavy atom. The third-order valence-electron chi connectivity index (χ3n) is 5.45. The molecule has 2 aliphatic rings. The first-order valence-electron chi connectivity index (χ1n) is 9.50. The number of nitrogens with zero attached hydrogens (tertiary/aromatic N) is 5. The molecular weight excluding hydrogens is 361 g/mol. The van der Waals surface area contributed by atoms with Crippen molar-refractivity contribution in [3.05, 3.63) is 29.7 Å². The van der Waals surface area contributed by atoms with Gasteiger partial charge in [-0.15, -0.1) is 0 Å². The quantitative estimate of drug-likeness (QED) is 0.811. The Morgan fingerprint density at radius 2 is 2.14 bits per heavy atom. The number of halogens is 1. The van der Waals surface area contributed by atoms with Crippen LogP contribution in [0.15, 0.2) is 18.3 Å². The van der Waals surface area contributed by atoms with Gasteiger partial charge in [-0.3, -0.25) is 14.3 Å². The van der Waals surface area contributed by atoms with Crippen LogP contribution >= 0.6 is 0 Å². The molecule has 2 heterocycles. The predicted octanol–water partition coefficient (Wildman–Crippen LogP) is 2.34. The molecule has 1 saturated heterocycles. The van der Waals surface area contributed by atoms with Crippen molar-refractivity contribution < 1.29 is 14.0 Å². The standard InChI is InChI=1S/C20H22FN5O2/c1-12-5-16(8-22)25(9-12)18(27)11-24(2)20(28)13-6-14-10-26(15-3-4-15)23-19(14)17(21)7-13/h6-7,10,12,15-16H,3-5,9,11H2,1-2H3. The van der Waals surface area contributed by atoms with Crippen LogP contribution in [0.3, 0.4) is 0 Å². The first-order chi connectivity index (χ1) is 13.4. The van der Waals surface area contributed by atoms with Crippen molar-refractivity contribution in [1.82, 2.24) is 19.6 Å². The minimum absolute atomic E-state index is 0.148. The van der Waals surface area contributed by atoms with E-state index in [-0.39, 0.29) is 29.4 Å². The van der Waals surface area contributed by atoms with Crippen LogP contribution in [0.25, 0.3) is 10.9 Å². The maximum atomic E-state index is 14.5. The van der Waals surface area contributed by atoms with Crippen molar-refractivity contribution in [2.24, 2.45) is 5.92 Å². The lowest BCUT2D eigenvalue weighted by molar-refractivity contribution is -0.131. The molecule has 8 heteroatoms.